The first kappa shape index (κ1) is 25.8. The van der Waals surface area contributed by atoms with Gasteiger partial charge in [0.25, 0.3) is 5.79 Å². The second-order valence-corrected chi connectivity index (χ2v) is 10.3. The van der Waals surface area contributed by atoms with Crippen LogP contribution in [0, 0.1) is 16.7 Å². The van der Waals surface area contributed by atoms with Crippen LogP contribution in [-0.4, -0.2) is 77.3 Å². The molecule has 180 valence electrons. The molecule has 0 amide bonds. The van der Waals surface area contributed by atoms with Crippen molar-refractivity contribution >= 4 is 21.7 Å². The number of carbonyl (C=O) groups excluding carboxylic acids is 1. The Morgan fingerprint density at radius 2 is 1.97 bits per heavy atom. The minimum atomic E-state index is -1.38. The number of fused-ring (bicyclic) bond motifs is 2. The van der Waals surface area contributed by atoms with Crippen LogP contribution < -0.4 is 0 Å². The van der Waals surface area contributed by atoms with E-state index in [0.29, 0.717) is 18.6 Å². The lowest BCUT2D eigenvalue weighted by Crippen LogP contribution is -2.66. The molecule has 0 N–H and O–H groups in total. The van der Waals surface area contributed by atoms with Gasteiger partial charge < -0.3 is 23.8 Å². The first-order valence-corrected chi connectivity index (χ1v) is 12.2. The Bertz CT molecular complexity index is 776. The highest BCUT2D eigenvalue weighted by molar-refractivity contribution is 9.11. The Hall–Kier alpha value is -0.830. The van der Waals surface area contributed by atoms with Gasteiger partial charge in [0.05, 0.1) is 12.7 Å². The molecule has 1 saturated carbocycles. The maximum Gasteiger partial charge on any atom is 0.254 e. The summed E-state index contributed by atoms with van der Waals surface area (Å²) in [6.07, 6.45) is 9.29. The van der Waals surface area contributed by atoms with Crippen LogP contribution in [0.15, 0.2) is 34.9 Å². The number of ketones is 1. The van der Waals surface area contributed by atoms with Crippen molar-refractivity contribution in [2.75, 3.05) is 54.7 Å². The van der Waals surface area contributed by atoms with Gasteiger partial charge in [-0.1, -0.05) is 28.9 Å². The van der Waals surface area contributed by atoms with Crippen molar-refractivity contribution in [2.24, 2.45) is 16.7 Å². The molecule has 1 heterocycles. The number of piperidine rings is 1. The van der Waals surface area contributed by atoms with Crippen LogP contribution in [0.4, 0.5) is 0 Å². The third-order valence-electron chi connectivity index (χ3n) is 8.03. The number of nitrogens with zero attached hydrogens (tertiary/aromatic N) is 1. The summed E-state index contributed by atoms with van der Waals surface area (Å²) in [5.74, 6) is -1.23. The third-order valence-corrected chi connectivity index (χ3v) is 8.49. The molecular formula is C25H38BrNO5. The van der Waals surface area contributed by atoms with Crippen molar-refractivity contribution in [2.45, 2.75) is 44.5 Å². The number of allylic oxidation sites excluding steroid dienone is 2. The Labute approximate surface area is 201 Å². The van der Waals surface area contributed by atoms with Crippen molar-refractivity contribution in [1.29, 1.82) is 0 Å². The highest BCUT2D eigenvalue weighted by Gasteiger charge is 2.60. The maximum absolute atomic E-state index is 13.3. The SMILES string of the molecule is C=C[C@]12CN(CC)C[C@](COC)(CC[C@@H]1OC)[C@H]2CCC1=CC(Br)=CC(OC)(OC)C1=O. The molecule has 1 saturated heterocycles. The van der Waals surface area contributed by atoms with E-state index in [1.807, 2.05) is 13.2 Å². The minimum absolute atomic E-state index is 0.00280. The molecule has 3 aliphatic rings. The van der Waals surface area contributed by atoms with Crippen LogP contribution in [0.3, 0.4) is 0 Å². The van der Waals surface area contributed by atoms with Crippen LogP contribution in [0.5, 0.6) is 0 Å². The van der Waals surface area contributed by atoms with Crippen molar-refractivity contribution in [3.8, 4) is 0 Å². The van der Waals surface area contributed by atoms with Gasteiger partial charge in [0.2, 0.25) is 5.78 Å². The normalized spacial score (nSPS) is 34.8. The van der Waals surface area contributed by atoms with Crippen LogP contribution in [0.25, 0.3) is 0 Å². The number of hydrogen-bond donors (Lipinski definition) is 0. The van der Waals surface area contributed by atoms with Gasteiger partial charge in [-0.3, -0.25) is 4.79 Å². The zero-order chi connectivity index (χ0) is 23.6. The van der Waals surface area contributed by atoms with E-state index in [1.54, 1.807) is 13.2 Å². The molecule has 3 rings (SSSR count). The lowest BCUT2D eigenvalue weighted by Gasteiger charge is -2.63. The zero-order valence-corrected chi connectivity index (χ0v) is 21.7. The van der Waals surface area contributed by atoms with Gasteiger partial charge in [-0.05, 0) is 50.3 Å². The molecule has 0 aromatic carbocycles. The Balaban J connectivity index is 1.96. The lowest BCUT2D eigenvalue weighted by atomic mass is 9.49. The second kappa shape index (κ2) is 10.2. The van der Waals surface area contributed by atoms with Gasteiger partial charge in [0, 0.05) is 62.4 Å². The van der Waals surface area contributed by atoms with Gasteiger partial charge >= 0.3 is 0 Å². The van der Waals surface area contributed by atoms with Gasteiger partial charge in [-0.2, -0.15) is 0 Å². The number of hydrogen-bond acceptors (Lipinski definition) is 6. The Morgan fingerprint density at radius 3 is 2.53 bits per heavy atom. The number of ether oxygens (including phenoxy) is 4. The van der Waals surface area contributed by atoms with E-state index in [9.17, 15) is 4.79 Å². The quantitative estimate of drug-likeness (QED) is 0.325. The van der Waals surface area contributed by atoms with Gasteiger partial charge in [0.1, 0.15) is 0 Å². The van der Waals surface area contributed by atoms with Crippen molar-refractivity contribution < 1.29 is 23.7 Å². The van der Waals surface area contributed by atoms with E-state index in [4.69, 9.17) is 18.9 Å². The Kier molecular flexibility index (Phi) is 8.22. The van der Waals surface area contributed by atoms with E-state index in [1.165, 1.54) is 14.2 Å². The maximum atomic E-state index is 13.3. The first-order valence-electron chi connectivity index (χ1n) is 11.4. The molecule has 2 aliphatic carbocycles. The van der Waals surface area contributed by atoms with Gasteiger partial charge in [-0.25, -0.2) is 0 Å². The number of halogens is 1. The van der Waals surface area contributed by atoms with E-state index >= 15 is 0 Å². The largest absolute Gasteiger partial charge is 0.384 e. The third kappa shape index (κ3) is 4.21. The average molecular weight is 512 g/mol. The highest BCUT2D eigenvalue weighted by atomic mass is 79.9. The second-order valence-electron chi connectivity index (χ2n) is 9.37. The fourth-order valence-electron chi connectivity index (χ4n) is 6.54. The summed E-state index contributed by atoms with van der Waals surface area (Å²) >= 11 is 3.54. The number of rotatable bonds is 10. The smallest absolute Gasteiger partial charge is 0.254 e. The molecule has 0 unspecified atom stereocenters. The molecule has 2 fully saturated rings. The summed E-state index contributed by atoms with van der Waals surface area (Å²) in [6, 6.07) is 0. The summed E-state index contributed by atoms with van der Waals surface area (Å²) in [6.45, 7) is 10.1. The number of likely N-dealkylation sites (tertiary alicyclic amines) is 1. The molecule has 0 radical (unpaired) electrons. The monoisotopic (exact) mass is 511 g/mol. The van der Waals surface area contributed by atoms with E-state index in [2.05, 4.69) is 40.4 Å². The molecule has 32 heavy (non-hydrogen) atoms. The number of Topliss-reactive ketones (excluding diaryl/α,β-unsaturated/α-hetero) is 1. The lowest BCUT2D eigenvalue weighted by molar-refractivity contribution is -0.184. The Morgan fingerprint density at radius 1 is 1.25 bits per heavy atom. The molecule has 0 spiro atoms. The molecule has 0 aromatic heterocycles. The average Bonchev–Trinajstić information content (AvgIpc) is 2.79. The fourth-order valence-corrected chi connectivity index (χ4v) is 7.12. The van der Waals surface area contributed by atoms with E-state index in [0.717, 1.165) is 43.4 Å². The standard InChI is InChI=1S/C25H38BrNO5/c1-7-24-16-27(8-2)15-23(17-29-3,12-11-21(24)30-4)20(24)10-9-18-13-19(26)14-25(31-5,32-6)22(18)28/h7,13-14,20-21H,1,8-12,15-17H2,2-6H3/t20-,21+,23+,24-/m1/s1. The molecule has 6 nitrogen and oxygen atoms in total. The zero-order valence-electron chi connectivity index (χ0n) is 20.1. The highest BCUT2D eigenvalue weighted by Crippen LogP contribution is 2.59. The minimum Gasteiger partial charge on any atom is -0.384 e. The van der Waals surface area contributed by atoms with Crippen LogP contribution >= 0.6 is 15.9 Å². The van der Waals surface area contributed by atoms with Gasteiger partial charge in [-0.15, -0.1) is 6.58 Å². The number of carbonyl (C=O) groups is 1. The van der Waals surface area contributed by atoms with Crippen molar-refractivity contribution in [3.05, 3.63) is 34.9 Å². The summed E-state index contributed by atoms with van der Waals surface area (Å²) in [5, 5.41) is 0. The van der Waals surface area contributed by atoms with E-state index < -0.39 is 5.79 Å². The summed E-state index contributed by atoms with van der Waals surface area (Å²) in [7, 11) is 6.59. The molecule has 2 bridgehead atoms. The first-order chi connectivity index (χ1) is 15.3. The number of methoxy groups -OCH3 is 4. The predicted molar refractivity (Wildman–Crippen MR) is 129 cm³/mol. The van der Waals surface area contributed by atoms with Gasteiger partial charge in [0.15, 0.2) is 0 Å². The van der Waals surface area contributed by atoms with E-state index in [-0.39, 0.29) is 28.6 Å². The van der Waals surface area contributed by atoms with Crippen LogP contribution in [0.1, 0.15) is 32.6 Å². The van der Waals surface area contributed by atoms with Crippen LogP contribution in [-0.2, 0) is 23.7 Å². The van der Waals surface area contributed by atoms with Crippen LogP contribution in [0.2, 0.25) is 0 Å². The molecular weight excluding hydrogens is 474 g/mol. The fraction of sp³-hybridized carbons (Fsp3) is 0.720. The molecule has 4 atom stereocenters. The summed E-state index contributed by atoms with van der Waals surface area (Å²) < 4.78 is 23.6. The van der Waals surface area contributed by atoms with Crippen molar-refractivity contribution in [1.82, 2.24) is 4.90 Å². The molecule has 0 aromatic rings. The summed E-state index contributed by atoms with van der Waals surface area (Å²) in [5.41, 5.74) is 0.516. The summed E-state index contributed by atoms with van der Waals surface area (Å²) in [4.78, 5) is 15.8. The van der Waals surface area contributed by atoms with Crippen molar-refractivity contribution in [3.63, 3.8) is 0 Å². The topological polar surface area (TPSA) is 57.2 Å². The predicted octanol–water partition coefficient (Wildman–Crippen LogP) is 4.11. The molecule has 7 heteroatoms. The molecule has 1 aliphatic heterocycles.